The summed E-state index contributed by atoms with van der Waals surface area (Å²) >= 11 is 0. The summed E-state index contributed by atoms with van der Waals surface area (Å²) in [6.07, 6.45) is -12.5. The van der Waals surface area contributed by atoms with Gasteiger partial charge in [-0.25, -0.2) is 9.59 Å². The van der Waals surface area contributed by atoms with Crippen LogP contribution in [0.5, 0.6) is 0 Å². The largest absolute Gasteiger partial charge is 0.481 e. The number of hydrogen-bond acceptors (Lipinski definition) is 16. The van der Waals surface area contributed by atoms with Crippen LogP contribution in [0.4, 0.5) is 0 Å². The molecule has 69 heavy (non-hydrogen) atoms. The fourth-order valence-electron chi connectivity index (χ4n) is 10.7. The Kier molecular flexibility index (Phi) is 14.0. The molecule has 2 unspecified atom stereocenters. The number of esters is 5. The quantitative estimate of drug-likeness (QED) is 0.100. The Morgan fingerprint density at radius 3 is 1.96 bits per heavy atom. The van der Waals surface area contributed by atoms with Crippen molar-refractivity contribution in [3.63, 3.8) is 0 Å². The van der Waals surface area contributed by atoms with Crippen LogP contribution < -0.4 is 5.32 Å². The molecule has 3 fully saturated rings. The van der Waals surface area contributed by atoms with Gasteiger partial charge in [-0.05, 0) is 54.8 Å². The number of ether oxygens (including phenoxy) is 6. The lowest BCUT2D eigenvalue weighted by molar-refractivity contribution is -0.346. The number of aliphatic hydroxyl groups excluding tert-OH is 1. The van der Waals surface area contributed by atoms with Crippen molar-refractivity contribution in [3.8, 4) is 0 Å². The number of amides is 1. The number of carbonyl (C=O) groups is 8. The summed E-state index contributed by atoms with van der Waals surface area (Å²) in [7, 11) is 0. The van der Waals surface area contributed by atoms with E-state index in [4.69, 9.17) is 28.4 Å². The second kappa shape index (κ2) is 19.3. The van der Waals surface area contributed by atoms with E-state index in [1.54, 1.807) is 66.7 Å². The van der Waals surface area contributed by atoms with Gasteiger partial charge in [0.15, 0.2) is 17.5 Å². The number of hydrogen-bond donors (Lipinski definition) is 4. The number of carboxylic acid groups (broad SMARTS) is 1. The number of aliphatic hydroxyl groups is 2. The maximum absolute atomic E-state index is 15.7. The molecule has 1 amide bonds. The number of carboxylic acids is 1. The number of rotatable bonds is 14. The van der Waals surface area contributed by atoms with Crippen LogP contribution in [-0.2, 0) is 57.2 Å². The number of nitrogens with one attached hydrogen (secondary N) is 1. The molecule has 4 aliphatic rings. The van der Waals surface area contributed by atoms with Gasteiger partial charge in [0, 0.05) is 37.7 Å². The summed E-state index contributed by atoms with van der Waals surface area (Å²) in [6.45, 7) is 7.68. The van der Waals surface area contributed by atoms with Crippen LogP contribution in [0.25, 0.3) is 0 Å². The van der Waals surface area contributed by atoms with E-state index < -0.39 is 137 Å². The van der Waals surface area contributed by atoms with E-state index >= 15 is 9.59 Å². The Hall–Kier alpha value is -6.76. The Balaban J connectivity index is 1.42. The number of Topliss-reactive ketones (excluding diaryl/α,β-unsaturated/α-hetero) is 1. The third kappa shape index (κ3) is 9.15. The van der Waals surface area contributed by atoms with Crippen LogP contribution in [0, 0.1) is 16.7 Å². The molecular weight excluding hydrogens is 899 g/mol. The van der Waals surface area contributed by atoms with Crippen molar-refractivity contribution in [1.29, 1.82) is 0 Å². The third-order valence-corrected chi connectivity index (χ3v) is 14.3. The molecule has 4 N–H and O–H groups in total. The van der Waals surface area contributed by atoms with E-state index in [1.807, 2.05) is 0 Å². The first-order valence-electron chi connectivity index (χ1n) is 22.5. The molecule has 18 nitrogen and oxygen atoms in total. The summed E-state index contributed by atoms with van der Waals surface area (Å²) in [5, 5.41) is 38.2. The van der Waals surface area contributed by atoms with Crippen molar-refractivity contribution >= 4 is 47.5 Å². The molecule has 3 aliphatic carbocycles. The minimum absolute atomic E-state index is 0.0221. The standard InChI is InChI=1S/C51H55NO17/c1-27-33(66-47(62)41(67-37(58)23-22-36(56)57)39(30-16-10-7-11-17-30)52-45(60)31-18-12-8-13-19-31)25-51(63)44(68-46(61)32-20-14-9-15-21-32)42-49(6,34(55)24-35-50(42,26-64-35)69-29(3)54)43(59)40(65-28(2)53)38(27)48(51,4)5/h7-21,33-35,39-42,44,55,63H,22-26H2,1-6H3,(H,52,60)(H,56,57)/t33-,34-,35+,39?,40+,41?,42-,44-,49+,50-,51+/m0/s1. The van der Waals surface area contributed by atoms with Gasteiger partial charge in [0.05, 0.1) is 42.4 Å². The van der Waals surface area contributed by atoms with Crippen LogP contribution in [0.15, 0.2) is 102 Å². The first-order chi connectivity index (χ1) is 32.6. The lowest BCUT2D eigenvalue weighted by Gasteiger charge is -2.67. The van der Waals surface area contributed by atoms with Gasteiger partial charge >= 0.3 is 35.8 Å². The molecule has 0 radical (unpaired) electrons. The first-order valence-corrected chi connectivity index (χ1v) is 22.5. The van der Waals surface area contributed by atoms with E-state index in [9.17, 15) is 44.1 Å². The van der Waals surface area contributed by atoms with Crippen LogP contribution in [0.1, 0.15) is 99.5 Å². The summed E-state index contributed by atoms with van der Waals surface area (Å²) < 4.78 is 36.3. The highest BCUT2D eigenvalue weighted by Crippen LogP contribution is 2.64. The average Bonchev–Trinajstić information content (AvgIpc) is 3.30. The highest BCUT2D eigenvalue weighted by molar-refractivity contribution is 5.96. The van der Waals surface area contributed by atoms with Gasteiger partial charge in [-0.3, -0.25) is 28.8 Å². The molecule has 3 aromatic rings. The number of aliphatic carboxylic acids is 1. The monoisotopic (exact) mass is 953 g/mol. The Morgan fingerprint density at radius 2 is 1.41 bits per heavy atom. The smallest absolute Gasteiger partial charge is 0.350 e. The molecule has 2 bridgehead atoms. The Labute approximate surface area is 397 Å². The fourth-order valence-corrected chi connectivity index (χ4v) is 10.7. The number of benzene rings is 3. The number of carbonyl (C=O) groups excluding carboxylic acids is 7. The molecule has 7 rings (SSSR count). The van der Waals surface area contributed by atoms with Gasteiger partial charge in [0.2, 0.25) is 6.10 Å². The van der Waals surface area contributed by atoms with Gasteiger partial charge < -0.3 is 49.1 Å². The molecule has 1 aliphatic heterocycles. The van der Waals surface area contributed by atoms with Crippen molar-refractivity contribution in [1.82, 2.24) is 5.32 Å². The first kappa shape index (κ1) is 50.1. The van der Waals surface area contributed by atoms with Crippen molar-refractivity contribution in [3.05, 3.63) is 119 Å². The van der Waals surface area contributed by atoms with Gasteiger partial charge in [0.25, 0.3) is 5.91 Å². The molecule has 18 heteroatoms. The van der Waals surface area contributed by atoms with Crippen LogP contribution in [0.3, 0.4) is 0 Å². The van der Waals surface area contributed by atoms with Crippen molar-refractivity contribution < 1.29 is 82.1 Å². The summed E-state index contributed by atoms with van der Waals surface area (Å²) in [5.74, 6) is -9.78. The van der Waals surface area contributed by atoms with Gasteiger partial charge in [-0.1, -0.05) is 80.6 Å². The summed E-state index contributed by atoms with van der Waals surface area (Å²) in [5.41, 5.74) is -7.77. The Bertz CT molecular complexity index is 2550. The van der Waals surface area contributed by atoms with E-state index in [-0.39, 0.29) is 40.9 Å². The van der Waals surface area contributed by atoms with Gasteiger partial charge in [-0.2, -0.15) is 0 Å². The molecule has 2 saturated carbocycles. The lowest BCUT2D eigenvalue weighted by Crippen LogP contribution is -2.82. The van der Waals surface area contributed by atoms with E-state index in [0.29, 0.717) is 0 Å². The van der Waals surface area contributed by atoms with Crippen LogP contribution in [-0.4, -0.2) is 117 Å². The zero-order valence-electron chi connectivity index (χ0n) is 38.9. The molecular formula is C51H55NO17. The number of ketones is 1. The van der Waals surface area contributed by atoms with Crippen LogP contribution in [0.2, 0.25) is 0 Å². The normalized spacial score (nSPS) is 29.7. The zero-order chi connectivity index (χ0) is 50.2. The molecule has 1 saturated heterocycles. The topological polar surface area (TPSA) is 265 Å². The maximum Gasteiger partial charge on any atom is 0.350 e. The molecule has 366 valence electrons. The lowest BCUT2D eigenvalue weighted by atomic mass is 9.44. The predicted molar refractivity (Wildman–Crippen MR) is 238 cm³/mol. The minimum atomic E-state index is -2.50. The molecule has 1 heterocycles. The highest BCUT2D eigenvalue weighted by Gasteiger charge is 2.78. The number of fused-ring (bicyclic) bond motifs is 5. The Morgan fingerprint density at radius 1 is 0.812 bits per heavy atom. The summed E-state index contributed by atoms with van der Waals surface area (Å²) in [6, 6.07) is 22.1. The fraction of sp³-hybridized carbons (Fsp3) is 0.451. The third-order valence-electron chi connectivity index (χ3n) is 14.3. The molecule has 3 aromatic carbocycles. The minimum Gasteiger partial charge on any atom is -0.481 e. The van der Waals surface area contributed by atoms with Crippen molar-refractivity contribution in [2.45, 2.75) is 121 Å². The molecule has 0 spiro atoms. The molecule has 11 atom stereocenters. The van der Waals surface area contributed by atoms with E-state index in [0.717, 1.165) is 13.8 Å². The van der Waals surface area contributed by atoms with E-state index in [1.165, 1.54) is 52.0 Å². The summed E-state index contributed by atoms with van der Waals surface area (Å²) in [4.78, 5) is 110. The van der Waals surface area contributed by atoms with Gasteiger partial charge in [-0.15, -0.1) is 0 Å². The van der Waals surface area contributed by atoms with Crippen LogP contribution >= 0.6 is 0 Å². The second-order valence-corrected chi connectivity index (χ2v) is 18.7. The second-order valence-electron chi connectivity index (χ2n) is 18.7. The SMILES string of the molecule is CC(=O)O[C@H]1C(=O)[C@@]2(C)[C@H]([C@H](OC(=O)c3ccccc3)[C@]3(O)C[C@H](OC(=O)C(OC(=O)CCC(=O)O)C(NC(=O)c4ccccc4)c4ccccc4)C(C)=C1C3(C)C)[C@]1(OC(C)=O)CO[C@@H]1C[C@@H]2O. The highest BCUT2D eigenvalue weighted by atomic mass is 16.6. The molecule has 0 aromatic heterocycles. The van der Waals surface area contributed by atoms with E-state index in [2.05, 4.69) is 5.32 Å². The van der Waals surface area contributed by atoms with Crippen molar-refractivity contribution in [2.75, 3.05) is 6.61 Å². The zero-order valence-corrected chi connectivity index (χ0v) is 38.9. The van der Waals surface area contributed by atoms with Gasteiger partial charge in [0.1, 0.15) is 30.0 Å². The van der Waals surface area contributed by atoms with Crippen molar-refractivity contribution in [2.24, 2.45) is 16.7 Å². The predicted octanol–water partition coefficient (Wildman–Crippen LogP) is 4.15. The maximum atomic E-state index is 15.7. The average molecular weight is 954 g/mol.